The van der Waals surface area contributed by atoms with Gasteiger partial charge in [-0.15, -0.1) is 0 Å². The number of nitrogens with zero attached hydrogens (tertiary/aromatic N) is 1. The molecular formula is C12H15ClN2O. The maximum atomic E-state index is 9.42. The van der Waals surface area contributed by atoms with Crippen molar-refractivity contribution in [3.05, 3.63) is 28.3 Å². The highest BCUT2D eigenvalue weighted by Gasteiger charge is 2.07. The van der Waals surface area contributed by atoms with Gasteiger partial charge < -0.3 is 10.4 Å². The Labute approximate surface area is 101 Å². The molecule has 0 bridgehead atoms. The zero-order valence-corrected chi connectivity index (χ0v) is 10.2. The van der Waals surface area contributed by atoms with Crippen LogP contribution in [0.1, 0.15) is 17.5 Å². The van der Waals surface area contributed by atoms with Crippen LogP contribution < -0.4 is 5.32 Å². The molecule has 0 radical (unpaired) electrons. The Bertz CT molecular complexity index is 389. The first-order valence-corrected chi connectivity index (χ1v) is 5.48. The van der Waals surface area contributed by atoms with Crippen LogP contribution in [0.25, 0.3) is 0 Å². The number of anilines is 1. The Morgan fingerprint density at radius 1 is 1.50 bits per heavy atom. The van der Waals surface area contributed by atoms with E-state index in [-0.39, 0.29) is 6.42 Å². The molecule has 0 aliphatic rings. The second-order valence-corrected chi connectivity index (χ2v) is 4.24. The third kappa shape index (κ3) is 3.41. The number of rotatable bonds is 4. The van der Waals surface area contributed by atoms with Crippen LogP contribution in [0, 0.1) is 25.2 Å². The molecule has 1 aromatic carbocycles. The SMILES string of the molecule is Cc1cc(C)c(NCC(O)CC#N)c(Cl)c1. The maximum absolute atomic E-state index is 9.42. The summed E-state index contributed by atoms with van der Waals surface area (Å²) in [6.07, 6.45) is -0.544. The second-order valence-electron chi connectivity index (χ2n) is 3.84. The van der Waals surface area contributed by atoms with Crippen molar-refractivity contribution in [2.24, 2.45) is 0 Å². The topological polar surface area (TPSA) is 56.0 Å². The fourth-order valence-electron chi connectivity index (χ4n) is 1.54. The van der Waals surface area contributed by atoms with Gasteiger partial charge in [0.15, 0.2) is 0 Å². The zero-order chi connectivity index (χ0) is 12.1. The molecular weight excluding hydrogens is 224 g/mol. The highest BCUT2D eigenvalue weighted by Crippen LogP contribution is 2.27. The van der Waals surface area contributed by atoms with Crippen molar-refractivity contribution in [1.29, 1.82) is 5.26 Å². The van der Waals surface area contributed by atoms with Gasteiger partial charge >= 0.3 is 0 Å². The fraction of sp³-hybridized carbons (Fsp3) is 0.417. The Hall–Kier alpha value is -1.24. The molecule has 0 saturated carbocycles. The standard InChI is InChI=1S/C12H15ClN2O/c1-8-5-9(2)12(11(13)6-8)15-7-10(16)3-4-14/h5-6,10,15-16H,3,7H2,1-2H3. The predicted molar refractivity (Wildman–Crippen MR) is 65.7 cm³/mol. The van der Waals surface area contributed by atoms with E-state index in [4.69, 9.17) is 16.9 Å². The highest BCUT2D eigenvalue weighted by molar-refractivity contribution is 6.33. The van der Waals surface area contributed by atoms with E-state index in [0.717, 1.165) is 16.8 Å². The monoisotopic (exact) mass is 238 g/mol. The van der Waals surface area contributed by atoms with Crippen LogP contribution >= 0.6 is 11.6 Å². The normalized spacial score (nSPS) is 11.9. The predicted octanol–water partition coefficient (Wildman–Crippen LogP) is 2.64. The Morgan fingerprint density at radius 2 is 2.19 bits per heavy atom. The van der Waals surface area contributed by atoms with Crippen LogP contribution in [0.5, 0.6) is 0 Å². The van der Waals surface area contributed by atoms with Gasteiger partial charge in [-0.05, 0) is 31.0 Å². The average Bonchev–Trinajstić information content (AvgIpc) is 2.16. The molecule has 16 heavy (non-hydrogen) atoms. The first-order chi connectivity index (χ1) is 7.54. The molecule has 1 aromatic rings. The van der Waals surface area contributed by atoms with Crippen molar-refractivity contribution in [1.82, 2.24) is 0 Å². The molecule has 0 aliphatic heterocycles. The first-order valence-electron chi connectivity index (χ1n) is 5.10. The summed E-state index contributed by atoms with van der Waals surface area (Å²) in [4.78, 5) is 0. The smallest absolute Gasteiger partial charge is 0.0842 e. The molecule has 0 amide bonds. The highest BCUT2D eigenvalue weighted by atomic mass is 35.5. The van der Waals surface area contributed by atoms with Gasteiger partial charge in [0, 0.05) is 6.54 Å². The summed E-state index contributed by atoms with van der Waals surface area (Å²) in [6, 6.07) is 5.81. The van der Waals surface area contributed by atoms with E-state index in [1.165, 1.54) is 0 Å². The molecule has 0 aromatic heterocycles. The molecule has 4 heteroatoms. The minimum absolute atomic E-state index is 0.121. The third-order valence-corrected chi connectivity index (χ3v) is 2.57. The number of benzene rings is 1. The molecule has 0 aliphatic carbocycles. The number of nitriles is 1. The molecule has 0 spiro atoms. The minimum atomic E-state index is -0.665. The molecule has 86 valence electrons. The summed E-state index contributed by atoms with van der Waals surface area (Å²) in [5.74, 6) is 0. The van der Waals surface area contributed by atoms with E-state index in [1.807, 2.05) is 32.0 Å². The van der Waals surface area contributed by atoms with Gasteiger partial charge in [-0.2, -0.15) is 5.26 Å². The van der Waals surface area contributed by atoms with Gasteiger partial charge in [-0.1, -0.05) is 17.7 Å². The summed E-state index contributed by atoms with van der Waals surface area (Å²) >= 11 is 6.09. The van der Waals surface area contributed by atoms with Gasteiger partial charge in [0.2, 0.25) is 0 Å². The van der Waals surface area contributed by atoms with Gasteiger partial charge in [0.1, 0.15) is 0 Å². The van der Waals surface area contributed by atoms with Crippen LogP contribution in [0.2, 0.25) is 5.02 Å². The number of aliphatic hydroxyl groups excluding tert-OH is 1. The number of hydrogen-bond acceptors (Lipinski definition) is 3. The summed E-state index contributed by atoms with van der Waals surface area (Å²) in [6.45, 7) is 4.27. The molecule has 1 rings (SSSR count). The Kier molecular flexibility index (Phi) is 4.60. The van der Waals surface area contributed by atoms with Crippen molar-refractivity contribution in [3.63, 3.8) is 0 Å². The molecule has 0 saturated heterocycles. The van der Waals surface area contributed by atoms with E-state index in [1.54, 1.807) is 0 Å². The summed E-state index contributed by atoms with van der Waals surface area (Å²) in [5.41, 5.74) is 2.96. The molecule has 1 atom stereocenters. The quantitative estimate of drug-likeness (QED) is 0.848. The van der Waals surface area contributed by atoms with Crippen molar-refractivity contribution < 1.29 is 5.11 Å². The number of nitrogens with one attached hydrogen (secondary N) is 1. The Balaban J connectivity index is 2.71. The Morgan fingerprint density at radius 3 is 2.75 bits per heavy atom. The average molecular weight is 239 g/mol. The van der Waals surface area contributed by atoms with Crippen molar-refractivity contribution in [2.45, 2.75) is 26.4 Å². The van der Waals surface area contributed by atoms with Crippen LogP contribution in [0.15, 0.2) is 12.1 Å². The van der Waals surface area contributed by atoms with Crippen molar-refractivity contribution in [3.8, 4) is 6.07 Å². The zero-order valence-electron chi connectivity index (χ0n) is 9.42. The van der Waals surface area contributed by atoms with Crippen molar-refractivity contribution in [2.75, 3.05) is 11.9 Å². The van der Waals surface area contributed by atoms with Gasteiger partial charge in [0.25, 0.3) is 0 Å². The van der Waals surface area contributed by atoms with E-state index in [0.29, 0.717) is 11.6 Å². The lowest BCUT2D eigenvalue weighted by Gasteiger charge is -2.14. The van der Waals surface area contributed by atoms with Crippen molar-refractivity contribution >= 4 is 17.3 Å². The largest absolute Gasteiger partial charge is 0.390 e. The van der Waals surface area contributed by atoms with E-state index in [2.05, 4.69) is 5.32 Å². The van der Waals surface area contributed by atoms with Crippen LogP contribution in [0.3, 0.4) is 0 Å². The summed E-state index contributed by atoms with van der Waals surface area (Å²) < 4.78 is 0. The lowest BCUT2D eigenvalue weighted by molar-refractivity contribution is 0.193. The number of halogens is 1. The van der Waals surface area contributed by atoms with Gasteiger partial charge in [-0.25, -0.2) is 0 Å². The summed E-state index contributed by atoms with van der Waals surface area (Å²) in [7, 11) is 0. The number of hydrogen-bond donors (Lipinski definition) is 2. The van der Waals surface area contributed by atoms with Crippen LogP contribution in [-0.2, 0) is 0 Å². The van der Waals surface area contributed by atoms with Gasteiger partial charge in [0.05, 0.1) is 29.3 Å². The van der Waals surface area contributed by atoms with E-state index in [9.17, 15) is 5.11 Å². The maximum Gasteiger partial charge on any atom is 0.0842 e. The van der Waals surface area contributed by atoms with E-state index >= 15 is 0 Å². The number of aliphatic hydroxyl groups is 1. The molecule has 3 nitrogen and oxygen atoms in total. The number of aryl methyl sites for hydroxylation is 2. The third-order valence-electron chi connectivity index (χ3n) is 2.27. The molecule has 2 N–H and O–H groups in total. The molecule has 0 heterocycles. The van der Waals surface area contributed by atoms with Gasteiger partial charge in [-0.3, -0.25) is 0 Å². The molecule has 0 fully saturated rings. The fourth-order valence-corrected chi connectivity index (χ4v) is 1.92. The van der Waals surface area contributed by atoms with E-state index < -0.39 is 6.10 Å². The minimum Gasteiger partial charge on any atom is -0.390 e. The lowest BCUT2D eigenvalue weighted by atomic mass is 10.1. The first kappa shape index (κ1) is 12.8. The lowest BCUT2D eigenvalue weighted by Crippen LogP contribution is -2.19. The van der Waals surface area contributed by atoms with Crippen LogP contribution in [0.4, 0.5) is 5.69 Å². The summed E-state index contributed by atoms with van der Waals surface area (Å²) in [5, 5.41) is 21.5. The molecule has 1 unspecified atom stereocenters. The second kappa shape index (κ2) is 5.74. The van der Waals surface area contributed by atoms with Crippen LogP contribution in [-0.4, -0.2) is 17.8 Å².